The molecule has 0 radical (unpaired) electrons. The van der Waals surface area contributed by atoms with E-state index in [4.69, 9.17) is 14.2 Å². The summed E-state index contributed by atoms with van der Waals surface area (Å²) in [5, 5.41) is 0.486. The van der Waals surface area contributed by atoms with Crippen molar-refractivity contribution >= 4 is 36.5 Å². The molecule has 0 aliphatic carbocycles. The van der Waals surface area contributed by atoms with E-state index in [-0.39, 0.29) is 23.8 Å². The van der Waals surface area contributed by atoms with Crippen LogP contribution in [0.2, 0.25) is 0 Å². The van der Waals surface area contributed by atoms with E-state index in [2.05, 4.69) is 6.30 Å². The number of rotatable bonds is 8. The molecule has 1 aliphatic rings. The average molecular weight is 502 g/mol. The number of ether oxygens (including phenoxy) is 3. The van der Waals surface area contributed by atoms with Crippen molar-refractivity contribution in [1.29, 1.82) is 0 Å². The van der Waals surface area contributed by atoms with E-state index in [0.29, 0.717) is 34.5 Å². The average Bonchev–Trinajstić information content (AvgIpc) is 2.86. The molecule has 1 aliphatic heterocycles. The standard InChI is InChI=1S/C25H30N2O5PS/c1-30-22-8-5-17(13-23(22)31-2)15-26-24(28)20-14-19(32-16-33(3)4)6-7-21(20)27(25(26)29)18-9-11-34-12-10-18/h5-8,13-14,18H,3,9-12,15-16H2,1-2,4H3/q+1. The largest absolute Gasteiger partial charge is 0.493 e. The van der Waals surface area contributed by atoms with Crippen molar-refractivity contribution in [2.24, 2.45) is 0 Å². The Bertz CT molecular complexity index is 1330. The highest BCUT2D eigenvalue weighted by molar-refractivity contribution is 7.99. The third-order valence-corrected chi connectivity index (χ3v) is 7.55. The molecule has 1 atom stereocenters. The maximum atomic E-state index is 13.7. The van der Waals surface area contributed by atoms with E-state index in [0.717, 1.165) is 29.9 Å². The molecule has 0 spiro atoms. The summed E-state index contributed by atoms with van der Waals surface area (Å²) < 4.78 is 19.7. The van der Waals surface area contributed by atoms with Gasteiger partial charge in [-0.25, -0.2) is 4.79 Å². The number of nitrogens with zero attached hydrogens (tertiary/aromatic N) is 2. The van der Waals surface area contributed by atoms with Gasteiger partial charge in [-0.15, -0.1) is 0 Å². The fraction of sp³-hybridized carbons (Fsp3) is 0.400. The fourth-order valence-corrected chi connectivity index (χ4v) is 5.68. The molecule has 2 heterocycles. The van der Waals surface area contributed by atoms with E-state index in [1.807, 2.05) is 41.2 Å². The predicted molar refractivity (Wildman–Crippen MR) is 142 cm³/mol. The summed E-state index contributed by atoms with van der Waals surface area (Å²) in [6.45, 7) is 2.17. The van der Waals surface area contributed by atoms with Crippen LogP contribution >= 0.6 is 19.3 Å². The Morgan fingerprint density at radius 1 is 1.06 bits per heavy atom. The van der Waals surface area contributed by atoms with Crippen molar-refractivity contribution in [2.75, 3.05) is 38.7 Å². The van der Waals surface area contributed by atoms with Gasteiger partial charge in [-0.2, -0.15) is 11.8 Å². The maximum absolute atomic E-state index is 13.7. The van der Waals surface area contributed by atoms with Crippen LogP contribution in [-0.2, 0) is 6.54 Å². The molecule has 7 nitrogen and oxygen atoms in total. The predicted octanol–water partition coefficient (Wildman–Crippen LogP) is 4.18. The molecule has 1 saturated heterocycles. The molecule has 0 amide bonds. The fourth-order valence-electron chi connectivity index (χ4n) is 4.23. The second-order valence-electron chi connectivity index (χ2n) is 8.39. The molecule has 0 N–H and O–H groups in total. The number of hydrogen-bond acceptors (Lipinski definition) is 6. The lowest BCUT2D eigenvalue weighted by atomic mass is 10.1. The Labute approximate surface area is 204 Å². The van der Waals surface area contributed by atoms with Gasteiger partial charge in [0.1, 0.15) is 13.3 Å². The number of aromatic nitrogens is 2. The van der Waals surface area contributed by atoms with Gasteiger partial charge in [0.25, 0.3) is 5.56 Å². The van der Waals surface area contributed by atoms with Crippen molar-refractivity contribution in [3.05, 3.63) is 62.8 Å². The van der Waals surface area contributed by atoms with Crippen molar-refractivity contribution in [3.63, 3.8) is 0 Å². The zero-order chi connectivity index (χ0) is 24.2. The minimum Gasteiger partial charge on any atom is -0.493 e. The Morgan fingerprint density at radius 3 is 2.47 bits per heavy atom. The molecule has 3 aromatic rings. The molecule has 1 fully saturated rings. The summed E-state index contributed by atoms with van der Waals surface area (Å²) in [7, 11) is 2.65. The lowest BCUT2D eigenvalue weighted by molar-refractivity contribution is 0.354. The second-order valence-corrected chi connectivity index (χ2v) is 11.6. The summed E-state index contributed by atoms with van der Waals surface area (Å²) in [6, 6.07) is 10.9. The normalized spacial score (nSPS) is 14.7. The highest BCUT2D eigenvalue weighted by Crippen LogP contribution is 2.30. The molecule has 34 heavy (non-hydrogen) atoms. The van der Waals surface area contributed by atoms with Gasteiger partial charge in [0, 0.05) is 6.04 Å². The number of benzene rings is 2. The van der Waals surface area contributed by atoms with Gasteiger partial charge in [-0.05, 0) is 60.2 Å². The van der Waals surface area contributed by atoms with Gasteiger partial charge in [-0.1, -0.05) is 6.07 Å². The van der Waals surface area contributed by atoms with Crippen LogP contribution in [0.25, 0.3) is 10.9 Å². The van der Waals surface area contributed by atoms with E-state index in [1.54, 1.807) is 32.4 Å². The third kappa shape index (κ3) is 5.03. The first-order chi connectivity index (χ1) is 16.4. The molecule has 0 bridgehead atoms. The molecular weight excluding hydrogens is 471 g/mol. The van der Waals surface area contributed by atoms with Gasteiger partial charge >= 0.3 is 5.69 Å². The van der Waals surface area contributed by atoms with Crippen LogP contribution < -0.4 is 25.5 Å². The van der Waals surface area contributed by atoms with Gasteiger partial charge in [0.05, 0.1) is 44.6 Å². The summed E-state index contributed by atoms with van der Waals surface area (Å²) in [5.74, 6) is 3.76. The minimum atomic E-state index is -0.481. The molecule has 1 unspecified atom stereocenters. The zero-order valence-corrected chi connectivity index (χ0v) is 21.5. The van der Waals surface area contributed by atoms with E-state index < -0.39 is 7.55 Å². The first-order valence-corrected chi connectivity index (χ1v) is 14.5. The van der Waals surface area contributed by atoms with E-state index in [1.165, 1.54) is 4.57 Å². The molecule has 1 aromatic heterocycles. The Hall–Kier alpha value is -2.70. The Kier molecular flexibility index (Phi) is 7.69. The summed E-state index contributed by atoms with van der Waals surface area (Å²) in [4.78, 5) is 27.3. The maximum Gasteiger partial charge on any atom is 0.332 e. The highest BCUT2D eigenvalue weighted by atomic mass is 32.2. The molecule has 0 saturated carbocycles. The first-order valence-electron chi connectivity index (χ1n) is 11.1. The van der Waals surface area contributed by atoms with Crippen LogP contribution in [0.3, 0.4) is 0 Å². The SMILES string of the molecule is C=[P+](C)COc1ccc2c(c1)c(=O)n(Cc1ccc(OC)c(OC)c1)c(=O)n2C1CCSCC1. The smallest absolute Gasteiger partial charge is 0.332 e. The lowest BCUT2D eigenvalue weighted by Gasteiger charge is -2.26. The van der Waals surface area contributed by atoms with Crippen molar-refractivity contribution < 1.29 is 14.2 Å². The number of methoxy groups -OCH3 is 2. The van der Waals surface area contributed by atoms with Crippen LogP contribution in [0.15, 0.2) is 46.0 Å². The molecular formula is C25H30N2O5PS+. The first kappa shape index (κ1) is 24.4. The summed E-state index contributed by atoms with van der Waals surface area (Å²) in [6.07, 6.45) is 6.32. The second kappa shape index (κ2) is 10.7. The van der Waals surface area contributed by atoms with Crippen molar-refractivity contribution in [1.82, 2.24) is 9.13 Å². The molecule has 2 aromatic carbocycles. The lowest BCUT2D eigenvalue weighted by Crippen LogP contribution is -2.42. The molecule has 180 valence electrons. The van der Waals surface area contributed by atoms with Gasteiger partial charge in [0.2, 0.25) is 6.35 Å². The van der Waals surface area contributed by atoms with Gasteiger partial charge < -0.3 is 14.2 Å². The topological polar surface area (TPSA) is 71.7 Å². The van der Waals surface area contributed by atoms with Gasteiger partial charge in [0.15, 0.2) is 11.5 Å². The molecule has 4 rings (SSSR count). The van der Waals surface area contributed by atoms with E-state index in [9.17, 15) is 9.59 Å². The monoisotopic (exact) mass is 501 g/mol. The number of hydrogen-bond donors (Lipinski definition) is 0. The Morgan fingerprint density at radius 2 is 1.79 bits per heavy atom. The van der Waals surface area contributed by atoms with Crippen LogP contribution in [0.5, 0.6) is 17.2 Å². The van der Waals surface area contributed by atoms with E-state index >= 15 is 0 Å². The quantitative estimate of drug-likeness (QED) is 0.432. The summed E-state index contributed by atoms with van der Waals surface area (Å²) in [5.41, 5.74) is 0.835. The zero-order valence-electron chi connectivity index (χ0n) is 19.8. The number of fused-ring (bicyclic) bond motifs is 1. The Balaban J connectivity index is 1.87. The van der Waals surface area contributed by atoms with Crippen molar-refractivity contribution in [3.8, 4) is 17.2 Å². The van der Waals surface area contributed by atoms with Crippen LogP contribution in [0, 0.1) is 0 Å². The minimum absolute atomic E-state index is 0.0589. The highest BCUT2D eigenvalue weighted by Gasteiger charge is 2.23. The number of thioether (sulfide) groups is 1. The van der Waals surface area contributed by atoms with Crippen LogP contribution in [-0.4, -0.2) is 54.2 Å². The van der Waals surface area contributed by atoms with Crippen LogP contribution in [0.1, 0.15) is 24.4 Å². The molecule has 9 heteroatoms. The van der Waals surface area contributed by atoms with Crippen LogP contribution in [0.4, 0.5) is 0 Å². The summed E-state index contributed by atoms with van der Waals surface area (Å²) >= 11 is 1.90. The van der Waals surface area contributed by atoms with Crippen molar-refractivity contribution in [2.45, 2.75) is 25.4 Å². The third-order valence-electron chi connectivity index (χ3n) is 5.94. The van der Waals surface area contributed by atoms with Gasteiger partial charge in [-0.3, -0.25) is 13.9 Å².